The van der Waals surface area contributed by atoms with Crippen molar-refractivity contribution in [2.24, 2.45) is 4.99 Å². The standard InChI is InChI=1S/C27H26F2N6O4.ClH/c1-32-4-5-34(27(32)38)22-13-18(33-6-8-39-9-7-33)15-35-25(22)31-23(24(36)26(35)37)21-12-17(14-30-21)10-16-2-3-19(28)20(29)11-16;/h2-3,11,13-15,36H,4-10,12H2,1H3;1H. The fraction of sp³-hybridized carbons (Fsp3) is 0.333. The van der Waals surface area contributed by atoms with Crippen LogP contribution in [0.15, 0.2) is 52.0 Å². The fourth-order valence-corrected chi connectivity index (χ4v) is 5.18. The van der Waals surface area contributed by atoms with Crippen LogP contribution < -0.4 is 32.8 Å². The second-order valence-electron chi connectivity index (χ2n) is 9.88. The first-order valence-corrected chi connectivity index (χ1v) is 12.7. The number of pyridine rings is 1. The van der Waals surface area contributed by atoms with Gasteiger partial charge in [0.25, 0.3) is 5.75 Å². The number of aromatic nitrogens is 2. The topological polar surface area (TPSA) is 104 Å². The van der Waals surface area contributed by atoms with Crippen molar-refractivity contribution in [1.82, 2.24) is 9.30 Å². The van der Waals surface area contributed by atoms with Crippen LogP contribution in [-0.4, -0.2) is 72.6 Å². The molecule has 2 N–H and O–H groups in total. The molecule has 5 heterocycles. The van der Waals surface area contributed by atoms with Crippen molar-refractivity contribution in [3.05, 3.63) is 75.5 Å². The maximum Gasteiger partial charge on any atom is 0.385 e. The Morgan fingerprint density at radius 3 is 2.55 bits per heavy atom. The Morgan fingerprint density at radius 2 is 1.85 bits per heavy atom. The molecule has 0 bridgehead atoms. The molecule has 0 unspecified atom stereocenters. The van der Waals surface area contributed by atoms with Gasteiger partial charge in [0.15, 0.2) is 17.3 Å². The Hall–Kier alpha value is -4.03. The number of aliphatic imine (C=N–C) groups is 1. The van der Waals surface area contributed by atoms with Crippen molar-refractivity contribution in [3.8, 4) is 5.75 Å². The molecule has 0 radical (unpaired) electrons. The lowest BCUT2D eigenvalue weighted by Crippen LogP contribution is -3.00. The highest BCUT2D eigenvalue weighted by Gasteiger charge is 2.34. The van der Waals surface area contributed by atoms with Crippen molar-refractivity contribution in [2.45, 2.75) is 12.8 Å². The molecule has 3 aliphatic rings. The van der Waals surface area contributed by atoms with Gasteiger partial charge in [0.05, 0.1) is 24.6 Å². The van der Waals surface area contributed by atoms with Gasteiger partial charge in [-0.15, -0.1) is 0 Å². The van der Waals surface area contributed by atoms with Crippen LogP contribution >= 0.6 is 0 Å². The fourth-order valence-electron chi connectivity index (χ4n) is 5.18. The number of aromatic hydroxyl groups is 1. The lowest BCUT2D eigenvalue weighted by atomic mass is 10.0. The first-order chi connectivity index (χ1) is 18.8. The number of carbonyl (C=O) groups is 1. The number of amides is 2. The molecule has 2 saturated heterocycles. The number of nitrogens with one attached hydrogen (secondary N) is 1. The summed E-state index contributed by atoms with van der Waals surface area (Å²) in [6.07, 6.45) is 3.89. The van der Waals surface area contributed by atoms with Gasteiger partial charge in [-0.25, -0.2) is 23.4 Å². The maximum atomic E-state index is 13.7. The number of fused-ring (bicyclic) bond motifs is 1. The van der Waals surface area contributed by atoms with Gasteiger partial charge >= 0.3 is 17.2 Å². The minimum absolute atomic E-state index is 0. The lowest BCUT2D eigenvalue weighted by Gasteiger charge is -2.29. The van der Waals surface area contributed by atoms with Crippen LogP contribution in [0.2, 0.25) is 0 Å². The van der Waals surface area contributed by atoms with Crippen LogP contribution in [-0.2, 0) is 11.2 Å². The van der Waals surface area contributed by atoms with E-state index in [9.17, 15) is 23.5 Å². The highest BCUT2D eigenvalue weighted by atomic mass is 35.5. The van der Waals surface area contributed by atoms with Crippen LogP contribution in [0.3, 0.4) is 0 Å². The molecule has 0 saturated carbocycles. The third-order valence-electron chi connectivity index (χ3n) is 7.32. The van der Waals surface area contributed by atoms with E-state index in [0.29, 0.717) is 74.8 Å². The molecule has 3 aliphatic heterocycles. The molecule has 3 aromatic rings. The van der Waals surface area contributed by atoms with E-state index in [4.69, 9.17) is 4.74 Å². The van der Waals surface area contributed by atoms with Crippen LogP contribution in [0.4, 0.5) is 25.0 Å². The third-order valence-corrected chi connectivity index (χ3v) is 7.32. The molecule has 10 nitrogen and oxygen atoms in total. The van der Waals surface area contributed by atoms with Crippen molar-refractivity contribution in [3.63, 3.8) is 0 Å². The predicted octanol–water partition coefficient (Wildman–Crippen LogP) is -0.871. The quantitative estimate of drug-likeness (QED) is 0.428. The number of hydrogen-bond donors (Lipinski definition) is 1. The van der Waals surface area contributed by atoms with E-state index >= 15 is 0 Å². The molecule has 6 rings (SSSR count). The predicted molar refractivity (Wildman–Crippen MR) is 140 cm³/mol. The highest BCUT2D eigenvalue weighted by Crippen LogP contribution is 2.30. The SMILES string of the molecule is CN1CCN(c2cc(N3CCOCC3)cn3c(=O)c(O)c(C4=NC=C(Cc5ccc(F)c(F)c5)C4)[nH+]c23)C1=O.[Cl-]. The third kappa shape index (κ3) is 4.88. The highest BCUT2D eigenvalue weighted by molar-refractivity contribution is 6.03. The molecule has 2 amide bonds. The smallest absolute Gasteiger partial charge is 0.385 e. The Balaban J connectivity index is 0.00000323. The van der Waals surface area contributed by atoms with Gasteiger partial charge in [0.2, 0.25) is 0 Å². The minimum atomic E-state index is -0.924. The Labute approximate surface area is 234 Å². The van der Waals surface area contributed by atoms with Crippen LogP contribution in [0.1, 0.15) is 17.7 Å². The number of carbonyl (C=O) groups excluding carboxylic acids is 1. The minimum Gasteiger partial charge on any atom is -1.00 e. The number of likely N-dealkylation sites (N-methyl/N-ethyl adjacent to an activating group) is 1. The summed E-state index contributed by atoms with van der Waals surface area (Å²) in [6.45, 7) is 3.32. The Kier molecular flexibility index (Phi) is 7.47. The molecular formula is C27H27ClF2N6O4. The van der Waals surface area contributed by atoms with E-state index in [-0.39, 0.29) is 24.1 Å². The zero-order valence-electron chi connectivity index (χ0n) is 21.7. The molecule has 0 aliphatic carbocycles. The summed E-state index contributed by atoms with van der Waals surface area (Å²) >= 11 is 0. The van der Waals surface area contributed by atoms with E-state index < -0.39 is 22.9 Å². The van der Waals surface area contributed by atoms with E-state index in [2.05, 4.69) is 14.9 Å². The van der Waals surface area contributed by atoms with Gasteiger partial charge in [-0.05, 0) is 35.8 Å². The number of aromatic amines is 1. The average molecular weight is 573 g/mol. The second kappa shape index (κ2) is 10.9. The van der Waals surface area contributed by atoms with E-state index in [1.807, 2.05) is 6.07 Å². The molecule has 210 valence electrons. The van der Waals surface area contributed by atoms with E-state index in [1.165, 1.54) is 10.5 Å². The number of rotatable bonds is 5. The maximum absolute atomic E-state index is 13.7. The van der Waals surface area contributed by atoms with Gasteiger partial charge in [-0.1, -0.05) is 6.07 Å². The number of ether oxygens (including phenoxy) is 1. The van der Waals surface area contributed by atoms with Crippen molar-refractivity contribution >= 4 is 28.8 Å². The summed E-state index contributed by atoms with van der Waals surface area (Å²) < 4.78 is 33.8. The zero-order chi connectivity index (χ0) is 27.3. The Morgan fingerprint density at radius 1 is 1.07 bits per heavy atom. The number of nitrogens with zero attached hydrogens (tertiary/aromatic N) is 5. The largest absolute Gasteiger partial charge is 1.00 e. The van der Waals surface area contributed by atoms with Gasteiger partial charge < -0.3 is 32.1 Å². The van der Waals surface area contributed by atoms with Gasteiger partial charge in [-0.2, -0.15) is 4.40 Å². The van der Waals surface area contributed by atoms with Crippen LogP contribution in [0.5, 0.6) is 5.75 Å². The Bertz CT molecular complexity index is 1620. The summed E-state index contributed by atoms with van der Waals surface area (Å²) in [5.41, 5.74) is 2.92. The first-order valence-electron chi connectivity index (χ1n) is 12.7. The molecule has 1 aromatic carbocycles. The summed E-state index contributed by atoms with van der Waals surface area (Å²) in [5, 5.41) is 11.0. The van der Waals surface area contributed by atoms with Crippen LogP contribution in [0, 0.1) is 11.6 Å². The van der Waals surface area contributed by atoms with Crippen molar-refractivity contribution in [1.29, 1.82) is 0 Å². The van der Waals surface area contributed by atoms with Crippen molar-refractivity contribution in [2.75, 3.05) is 56.2 Å². The summed E-state index contributed by atoms with van der Waals surface area (Å²) in [7, 11) is 1.72. The molecule has 2 aromatic heterocycles. The number of H-pyrrole nitrogens is 1. The van der Waals surface area contributed by atoms with Crippen molar-refractivity contribution < 1.29 is 40.8 Å². The number of halogens is 3. The molecule has 40 heavy (non-hydrogen) atoms. The molecule has 0 spiro atoms. The first kappa shape index (κ1) is 27.5. The lowest BCUT2D eigenvalue weighted by molar-refractivity contribution is -0.353. The van der Waals surface area contributed by atoms with Gasteiger partial charge in [0, 0.05) is 45.8 Å². The summed E-state index contributed by atoms with van der Waals surface area (Å²) in [6, 6.07) is 5.40. The molecular weight excluding hydrogens is 546 g/mol. The monoisotopic (exact) mass is 572 g/mol. The summed E-state index contributed by atoms with van der Waals surface area (Å²) in [5.74, 6) is -2.34. The average Bonchev–Trinajstić information content (AvgIpc) is 3.54. The normalized spacial score (nSPS) is 17.4. The van der Waals surface area contributed by atoms with Gasteiger partial charge in [-0.3, -0.25) is 9.89 Å². The number of urea groups is 1. The molecule has 2 fully saturated rings. The molecule has 0 atom stereocenters. The second-order valence-corrected chi connectivity index (χ2v) is 9.88. The van der Waals surface area contributed by atoms with E-state index in [0.717, 1.165) is 23.4 Å². The van der Waals surface area contributed by atoms with E-state index in [1.54, 1.807) is 29.2 Å². The summed E-state index contributed by atoms with van der Waals surface area (Å²) in [4.78, 5) is 39.3. The number of anilines is 2. The number of allylic oxidation sites excluding steroid dienone is 1. The number of morpholine rings is 1. The van der Waals surface area contributed by atoms with Crippen LogP contribution in [0.25, 0.3) is 5.65 Å². The molecule has 13 heteroatoms. The number of benzene rings is 1. The zero-order valence-corrected chi connectivity index (χ0v) is 22.4. The van der Waals surface area contributed by atoms with Gasteiger partial charge in [0.1, 0.15) is 11.9 Å². The number of hydrogen-bond acceptors (Lipinski definition) is 6.